The van der Waals surface area contributed by atoms with Crippen molar-refractivity contribution in [1.29, 1.82) is 0 Å². The molecule has 1 aromatic carbocycles. The van der Waals surface area contributed by atoms with E-state index >= 15 is 0 Å². The minimum Gasteiger partial charge on any atom is -0.478 e. The van der Waals surface area contributed by atoms with Gasteiger partial charge < -0.3 is 5.11 Å². The highest BCUT2D eigenvalue weighted by Gasteiger charge is 2.19. The molecule has 0 spiro atoms. The fraction of sp³-hybridized carbons (Fsp3) is 0.0769. The monoisotopic (exact) mass is 326 g/mol. The first kappa shape index (κ1) is 15.3. The van der Waals surface area contributed by atoms with Crippen LogP contribution in [-0.4, -0.2) is 24.5 Å². The van der Waals surface area contributed by atoms with E-state index in [2.05, 4.69) is 9.71 Å². The van der Waals surface area contributed by atoms with E-state index in [0.29, 0.717) is 11.3 Å². The molecule has 21 heavy (non-hydrogen) atoms. The van der Waals surface area contributed by atoms with Gasteiger partial charge in [0, 0.05) is 6.20 Å². The smallest absolute Gasteiger partial charge is 0.337 e. The molecular formula is C13H11ClN2O4S. The summed E-state index contributed by atoms with van der Waals surface area (Å²) < 4.78 is 26.9. The number of carboxylic acid groups (broad SMARTS) is 1. The third-order valence-electron chi connectivity index (χ3n) is 2.76. The molecule has 0 aliphatic heterocycles. The summed E-state index contributed by atoms with van der Waals surface area (Å²) in [6.45, 7) is 1.73. The second kappa shape index (κ2) is 5.71. The summed E-state index contributed by atoms with van der Waals surface area (Å²) in [7, 11) is -3.92. The van der Waals surface area contributed by atoms with Crippen LogP contribution in [0.25, 0.3) is 0 Å². The maximum absolute atomic E-state index is 12.3. The Morgan fingerprint density at radius 2 is 2.05 bits per heavy atom. The number of aromatic carboxylic acids is 1. The number of aromatic nitrogens is 1. The van der Waals surface area contributed by atoms with Crippen LogP contribution in [0.15, 0.2) is 41.6 Å². The largest absolute Gasteiger partial charge is 0.478 e. The van der Waals surface area contributed by atoms with Crippen LogP contribution in [0.4, 0.5) is 5.69 Å². The van der Waals surface area contributed by atoms with Gasteiger partial charge in [0.1, 0.15) is 0 Å². The maximum atomic E-state index is 12.3. The summed E-state index contributed by atoms with van der Waals surface area (Å²) >= 11 is 5.72. The van der Waals surface area contributed by atoms with Gasteiger partial charge in [0.2, 0.25) is 0 Å². The number of hydrogen-bond donors (Lipinski definition) is 2. The van der Waals surface area contributed by atoms with E-state index in [1.165, 1.54) is 24.5 Å². The second-order valence-electron chi connectivity index (χ2n) is 4.24. The van der Waals surface area contributed by atoms with Crippen molar-refractivity contribution in [3.8, 4) is 0 Å². The lowest BCUT2D eigenvalue weighted by Gasteiger charge is -2.10. The van der Waals surface area contributed by atoms with Crippen molar-refractivity contribution in [3.63, 3.8) is 0 Å². The van der Waals surface area contributed by atoms with Crippen molar-refractivity contribution in [3.05, 3.63) is 52.8 Å². The summed E-state index contributed by atoms with van der Waals surface area (Å²) in [4.78, 5) is 14.7. The highest BCUT2D eigenvalue weighted by Crippen LogP contribution is 2.23. The number of nitrogens with one attached hydrogen (secondary N) is 1. The molecular weight excluding hydrogens is 316 g/mol. The van der Waals surface area contributed by atoms with Gasteiger partial charge in [-0.2, -0.15) is 0 Å². The summed E-state index contributed by atoms with van der Waals surface area (Å²) in [5.41, 5.74) is 0.743. The highest BCUT2D eigenvalue weighted by molar-refractivity contribution is 7.92. The van der Waals surface area contributed by atoms with E-state index in [-0.39, 0.29) is 15.5 Å². The molecule has 0 aliphatic carbocycles. The van der Waals surface area contributed by atoms with Crippen molar-refractivity contribution >= 4 is 33.3 Å². The minimum absolute atomic E-state index is 0.0287. The molecule has 1 aromatic heterocycles. The third kappa shape index (κ3) is 3.32. The van der Waals surface area contributed by atoms with E-state index in [1.807, 2.05) is 0 Å². The number of carboxylic acids is 1. The zero-order valence-corrected chi connectivity index (χ0v) is 12.4. The number of sulfonamides is 1. The van der Waals surface area contributed by atoms with Crippen LogP contribution in [0, 0.1) is 6.92 Å². The number of nitrogens with zero attached hydrogens (tertiary/aromatic N) is 1. The molecule has 2 aromatic rings. The fourth-order valence-corrected chi connectivity index (χ4v) is 2.95. The molecule has 6 nitrogen and oxygen atoms in total. The van der Waals surface area contributed by atoms with Crippen molar-refractivity contribution in [2.24, 2.45) is 0 Å². The van der Waals surface area contributed by atoms with Crippen LogP contribution in [0.2, 0.25) is 5.02 Å². The van der Waals surface area contributed by atoms with Crippen LogP contribution < -0.4 is 4.72 Å². The summed E-state index contributed by atoms with van der Waals surface area (Å²) in [6.07, 6.45) is 2.92. The topological polar surface area (TPSA) is 96.4 Å². The molecule has 1 heterocycles. The number of pyridine rings is 1. The zero-order chi connectivity index (χ0) is 15.6. The number of carbonyl (C=O) groups is 1. The molecule has 0 saturated heterocycles. The number of anilines is 1. The molecule has 0 aliphatic rings. The molecule has 0 bridgehead atoms. The Bertz CT molecular complexity index is 806. The SMILES string of the molecule is Cc1ccncc1NS(=O)(=O)c1ccc(Cl)c(C(=O)O)c1. The second-order valence-corrected chi connectivity index (χ2v) is 6.33. The highest BCUT2D eigenvalue weighted by atomic mass is 35.5. The maximum Gasteiger partial charge on any atom is 0.337 e. The van der Waals surface area contributed by atoms with Gasteiger partial charge >= 0.3 is 5.97 Å². The lowest BCUT2D eigenvalue weighted by atomic mass is 10.2. The molecule has 110 valence electrons. The van der Waals surface area contributed by atoms with E-state index in [1.54, 1.807) is 13.0 Å². The number of benzene rings is 1. The molecule has 2 N–H and O–H groups in total. The van der Waals surface area contributed by atoms with Crippen LogP contribution in [0.3, 0.4) is 0 Å². The van der Waals surface area contributed by atoms with Crippen molar-refractivity contribution in [2.45, 2.75) is 11.8 Å². The van der Waals surface area contributed by atoms with Gasteiger partial charge in [-0.15, -0.1) is 0 Å². The van der Waals surface area contributed by atoms with E-state index in [0.717, 1.165) is 6.07 Å². The van der Waals surface area contributed by atoms with Gasteiger partial charge in [-0.05, 0) is 36.8 Å². The summed E-state index contributed by atoms with van der Waals surface area (Å²) in [6, 6.07) is 5.14. The molecule has 0 atom stereocenters. The molecule has 0 radical (unpaired) electrons. The van der Waals surface area contributed by atoms with Gasteiger partial charge in [0.05, 0.1) is 27.4 Å². The van der Waals surface area contributed by atoms with Gasteiger partial charge in [0.25, 0.3) is 10.0 Å². The normalized spacial score (nSPS) is 11.1. The van der Waals surface area contributed by atoms with E-state index in [4.69, 9.17) is 16.7 Å². The third-order valence-corrected chi connectivity index (χ3v) is 4.45. The average molecular weight is 327 g/mol. The number of aryl methyl sites for hydroxylation is 1. The number of halogens is 1. The van der Waals surface area contributed by atoms with Crippen LogP contribution in [0.1, 0.15) is 15.9 Å². The molecule has 0 saturated carbocycles. The average Bonchev–Trinajstić information content (AvgIpc) is 2.41. The molecule has 0 unspecified atom stereocenters. The predicted octanol–water partition coefficient (Wildman–Crippen LogP) is 2.54. The zero-order valence-electron chi connectivity index (χ0n) is 10.9. The lowest BCUT2D eigenvalue weighted by molar-refractivity contribution is 0.0697. The minimum atomic E-state index is -3.92. The standard InChI is InChI=1S/C13H11ClN2O4S/c1-8-4-5-15-7-12(8)16-21(19,20)9-2-3-11(14)10(6-9)13(17)18/h2-7,16H,1H3,(H,17,18). The van der Waals surface area contributed by atoms with Gasteiger partial charge in [-0.25, -0.2) is 13.2 Å². The van der Waals surface area contributed by atoms with E-state index < -0.39 is 16.0 Å². The Morgan fingerprint density at radius 1 is 1.33 bits per heavy atom. The van der Waals surface area contributed by atoms with Crippen molar-refractivity contribution in [2.75, 3.05) is 4.72 Å². The van der Waals surface area contributed by atoms with E-state index in [9.17, 15) is 13.2 Å². The fourth-order valence-electron chi connectivity index (χ4n) is 1.61. The Hall–Kier alpha value is -2.12. The summed E-state index contributed by atoms with van der Waals surface area (Å²) in [5, 5.41) is 8.95. The first-order valence-electron chi connectivity index (χ1n) is 5.77. The Balaban J connectivity index is 2.43. The Morgan fingerprint density at radius 3 is 2.67 bits per heavy atom. The number of hydrogen-bond acceptors (Lipinski definition) is 4. The van der Waals surface area contributed by atoms with Crippen LogP contribution in [0.5, 0.6) is 0 Å². The number of rotatable bonds is 4. The Labute approximate surface area is 126 Å². The van der Waals surface area contributed by atoms with Crippen LogP contribution >= 0.6 is 11.6 Å². The molecule has 2 rings (SSSR count). The lowest BCUT2D eigenvalue weighted by Crippen LogP contribution is -2.14. The Kier molecular flexibility index (Phi) is 4.15. The van der Waals surface area contributed by atoms with Crippen molar-refractivity contribution in [1.82, 2.24) is 4.98 Å². The predicted molar refractivity (Wildman–Crippen MR) is 78.2 cm³/mol. The quantitative estimate of drug-likeness (QED) is 0.900. The molecule has 0 fully saturated rings. The molecule has 0 amide bonds. The van der Waals surface area contributed by atoms with Crippen molar-refractivity contribution < 1.29 is 18.3 Å². The summed E-state index contributed by atoms with van der Waals surface area (Å²) in [5.74, 6) is -1.30. The van der Waals surface area contributed by atoms with Gasteiger partial charge in [-0.1, -0.05) is 11.6 Å². The van der Waals surface area contributed by atoms with Gasteiger partial charge in [-0.3, -0.25) is 9.71 Å². The first-order chi connectivity index (χ1) is 9.81. The first-order valence-corrected chi connectivity index (χ1v) is 7.63. The van der Waals surface area contributed by atoms with Crippen LogP contribution in [-0.2, 0) is 10.0 Å². The van der Waals surface area contributed by atoms with Gasteiger partial charge in [0.15, 0.2) is 0 Å². The molecule has 8 heteroatoms.